The Morgan fingerprint density at radius 1 is 1.32 bits per heavy atom. The van der Waals surface area contributed by atoms with Crippen molar-refractivity contribution in [3.63, 3.8) is 0 Å². The van der Waals surface area contributed by atoms with Gasteiger partial charge in [-0.15, -0.1) is 0 Å². The number of nitrogens with one attached hydrogen (secondary N) is 1. The summed E-state index contributed by atoms with van der Waals surface area (Å²) in [4.78, 5) is 20.6. The molecule has 2 aliphatic rings. The van der Waals surface area contributed by atoms with Gasteiger partial charge in [0.15, 0.2) is 0 Å². The summed E-state index contributed by atoms with van der Waals surface area (Å²) in [5.41, 5.74) is 0.551. The summed E-state index contributed by atoms with van der Waals surface area (Å²) in [6.07, 6.45) is 3.13. The second-order valence-electron chi connectivity index (χ2n) is 5.00. The van der Waals surface area contributed by atoms with E-state index in [2.05, 4.69) is 15.2 Å². The van der Waals surface area contributed by atoms with Gasteiger partial charge in [-0.3, -0.25) is 14.7 Å². The summed E-state index contributed by atoms with van der Waals surface area (Å²) >= 11 is 6.02. The fourth-order valence-corrected chi connectivity index (χ4v) is 2.74. The lowest BCUT2D eigenvalue weighted by Gasteiger charge is -2.43. The lowest BCUT2D eigenvalue weighted by molar-refractivity contribution is 0.0502. The van der Waals surface area contributed by atoms with E-state index in [0.29, 0.717) is 16.6 Å². The zero-order valence-corrected chi connectivity index (χ0v) is 11.4. The van der Waals surface area contributed by atoms with Crippen LogP contribution in [-0.4, -0.2) is 66.0 Å². The third kappa shape index (κ3) is 2.59. The van der Waals surface area contributed by atoms with Gasteiger partial charge in [0.2, 0.25) is 0 Å². The molecule has 0 unspecified atom stereocenters. The Hall–Kier alpha value is -1.17. The van der Waals surface area contributed by atoms with Gasteiger partial charge in [-0.25, -0.2) is 0 Å². The van der Waals surface area contributed by atoms with Gasteiger partial charge in [0, 0.05) is 57.7 Å². The third-order valence-corrected chi connectivity index (χ3v) is 4.18. The lowest BCUT2D eigenvalue weighted by Crippen LogP contribution is -2.62. The molecule has 0 aromatic carbocycles. The quantitative estimate of drug-likeness (QED) is 0.855. The van der Waals surface area contributed by atoms with Gasteiger partial charge in [-0.2, -0.15) is 0 Å². The highest BCUT2D eigenvalue weighted by Crippen LogP contribution is 2.17. The van der Waals surface area contributed by atoms with Gasteiger partial charge in [0.25, 0.3) is 5.91 Å². The van der Waals surface area contributed by atoms with E-state index in [9.17, 15) is 4.79 Å². The molecule has 5 nitrogen and oxygen atoms in total. The molecule has 102 valence electrons. The standard InChI is InChI=1S/C13H17ClN4O/c14-12-9-15-2-1-11(12)13(19)18-5-3-17(4-6-18)10-7-16-8-10/h1-2,9-10,16H,3-8H2. The van der Waals surface area contributed by atoms with E-state index in [1.165, 1.54) is 6.20 Å². The molecular weight excluding hydrogens is 264 g/mol. The van der Waals surface area contributed by atoms with E-state index in [-0.39, 0.29) is 5.91 Å². The van der Waals surface area contributed by atoms with Crippen LogP contribution in [0, 0.1) is 0 Å². The molecule has 6 heteroatoms. The minimum absolute atomic E-state index is 0.0128. The summed E-state index contributed by atoms with van der Waals surface area (Å²) in [5.74, 6) is 0.0128. The van der Waals surface area contributed by atoms with E-state index in [0.717, 1.165) is 39.3 Å². The largest absolute Gasteiger partial charge is 0.336 e. The van der Waals surface area contributed by atoms with Crippen molar-refractivity contribution in [1.82, 2.24) is 20.1 Å². The number of hydrogen-bond acceptors (Lipinski definition) is 4. The maximum Gasteiger partial charge on any atom is 0.255 e. The van der Waals surface area contributed by atoms with Gasteiger partial charge in [0.05, 0.1) is 10.6 Å². The third-order valence-electron chi connectivity index (χ3n) is 3.88. The highest BCUT2D eigenvalue weighted by atomic mass is 35.5. The Kier molecular flexibility index (Phi) is 3.68. The average Bonchev–Trinajstić information content (AvgIpc) is 2.37. The number of hydrogen-bond donors (Lipinski definition) is 1. The molecule has 0 radical (unpaired) electrons. The van der Waals surface area contributed by atoms with Crippen LogP contribution in [0.3, 0.4) is 0 Å². The van der Waals surface area contributed by atoms with Gasteiger partial charge < -0.3 is 10.2 Å². The zero-order valence-electron chi connectivity index (χ0n) is 10.7. The first kappa shape index (κ1) is 12.8. The number of carbonyl (C=O) groups is 1. The number of carbonyl (C=O) groups excluding carboxylic acids is 1. The number of pyridine rings is 1. The molecule has 0 bridgehead atoms. The van der Waals surface area contributed by atoms with Crippen LogP contribution in [0.1, 0.15) is 10.4 Å². The van der Waals surface area contributed by atoms with Crippen molar-refractivity contribution in [2.45, 2.75) is 6.04 Å². The zero-order chi connectivity index (χ0) is 13.2. The Labute approximate surface area is 117 Å². The van der Waals surface area contributed by atoms with Crippen molar-refractivity contribution in [1.29, 1.82) is 0 Å². The molecule has 2 fully saturated rings. The summed E-state index contributed by atoms with van der Waals surface area (Å²) in [6.45, 7) is 5.58. The van der Waals surface area contributed by atoms with Crippen molar-refractivity contribution in [3.8, 4) is 0 Å². The van der Waals surface area contributed by atoms with Crippen molar-refractivity contribution in [3.05, 3.63) is 29.0 Å². The number of amides is 1. The molecule has 2 aliphatic heterocycles. The van der Waals surface area contributed by atoms with E-state index in [1.54, 1.807) is 12.3 Å². The smallest absolute Gasteiger partial charge is 0.255 e. The molecule has 1 aromatic heterocycles. The normalized spacial score (nSPS) is 21.2. The Morgan fingerprint density at radius 3 is 2.63 bits per heavy atom. The first-order valence-corrected chi connectivity index (χ1v) is 6.97. The molecule has 0 atom stereocenters. The Morgan fingerprint density at radius 2 is 2.05 bits per heavy atom. The number of aromatic nitrogens is 1. The monoisotopic (exact) mass is 280 g/mol. The predicted molar refractivity (Wildman–Crippen MR) is 73.4 cm³/mol. The average molecular weight is 281 g/mol. The molecule has 3 heterocycles. The van der Waals surface area contributed by atoms with Crippen LogP contribution in [0.4, 0.5) is 0 Å². The molecule has 0 spiro atoms. The van der Waals surface area contributed by atoms with E-state index in [1.807, 2.05) is 4.90 Å². The van der Waals surface area contributed by atoms with Gasteiger partial charge in [-0.05, 0) is 6.07 Å². The predicted octanol–water partition coefficient (Wildman–Crippen LogP) is 0.465. The fourth-order valence-electron chi connectivity index (χ4n) is 2.54. The molecule has 0 aliphatic carbocycles. The summed E-state index contributed by atoms with van der Waals surface area (Å²) in [5, 5.41) is 3.71. The van der Waals surface area contributed by atoms with Crippen LogP contribution in [0.15, 0.2) is 18.5 Å². The molecule has 19 heavy (non-hydrogen) atoms. The summed E-state index contributed by atoms with van der Waals surface area (Å²) < 4.78 is 0. The number of nitrogens with zero attached hydrogens (tertiary/aromatic N) is 3. The highest BCUT2D eigenvalue weighted by molar-refractivity contribution is 6.33. The second-order valence-corrected chi connectivity index (χ2v) is 5.40. The molecular formula is C13H17ClN4O. The van der Waals surface area contributed by atoms with Crippen LogP contribution in [-0.2, 0) is 0 Å². The Balaban J connectivity index is 1.62. The summed E-state index contributed by atoms with van der Waals surface area (Å²) in [7, 11) is 0. The molecule has 2 saturated heterocycles. The van der Waals surface area contributed by atoms with Crippen LogP contribution < -0.4 is 5.32 Å². The van der Waals surface area contributed by atoms with Crippen LogP contribution in [0.25, 0.3) is 0 Å². The topological polar surface area (TPSA) is 48.5 Å². The van der Waals surface area contributed by atoms with E-state index >= 15 is 0 Å². The highest BCUT2D eigenvalue weighted by Gasteiger charge is 2.29. The van der Waals surface area contributed by atoms with E-state index in [4.69, 9.17) is 11.6 Å². The van der Waals surface area contributed by atoms with Crippen molar-refractivity contribution >= 4 is 17.5 Å². The van der Waals surface area contributed by atoms with Crippen molar-refractivity contribution < 1.29 is 4.79 Å². The van der Waals surface area contributed by atoms with Crippen LogP contribution in [0.5, 0.6) is 0 Å². The number of piperazine rings is 1. The molecule has 3 rings (SSSR count). The van der Waals surface area contributed by atoms with Gasteiger partial charge >= 0.3 is 0 Å². The number of halogens is 1. The molecule has 1 N–H and O–H groups in total. The van der Waals surface area contributed by atoms with Crippen LogP contribution >= 0.6 is 11.6 Å². The minimum Gasteiger partial charge on any atom is -0.336 e. The minimum atomic E-state index is 0.0128. The fraction of sp³-hybridized carbons (Fsp3) is 0.538. The van der Waals surface area contributed by atoms with E-state index < -0.39 is 0 Å². The molecule has 1 aromatic rings. The van der Waals surface area contributed by atoms with Gasteiger partial charge in [0.1, 0.15) is 0 Å². The first-order chi connectivity index (χ1) is 9.25. The first-order valence-electron chi connectivity index (χ1n) is 6.59. The number of rotatable bonds is 2. The molecule has 1 amide bonds. The summed E-state index contributed by atoms with van der Waals surface area (Å²) in [6, 6.07) is 2.34. The van der Waals surface area contributed by atoms with Crippen molar-refractivity contribution in [2.75, 3.05) is 39.3 Å². The Bertz CT molecular complexity index is 469. The maximum absolute atomic E-state index is 12.4. The van der Waals surface area contributed by atoms with Crippen molar-refractivity contribution in [2.24, 2.45) is 0 Å². The van der Waals surface area contributed by atoms with Gasteiger partial charge in [-0.1, -0.05) is 11.6 Å². The molecule has 0 saturated carbocycles. The maximum atomic E-state index is 12.4. The lowest BCUT2D eigenvalue weighted by atomic mass is 10.1. The SMILES string of the molecule is O=C(c1ccncc1Cl)N1CCN(C2CNC2)CC1. The van der Waals surface area contributed by atoms with Crippen LogP contribution in [0.2, 0.25) is 5.02 Å². The second kappa shape index (κ2) is 5.45.